The molecule has 4 heteroatoms. The number of benzene rings is 1. The fraction of sp³-hybridized carbons (Fsp3) is 0.364. The van der Waals surface area contributed by atoms with Gasteiger partial charge in [0, 0.05) is 31.6 Å². The number of halogens is 1. The molecule has 0 spiro atoms. The Hall–Kier alpha value is -1.58. The molecule has 1 fully saturated rings. The zero-order valence-electron chi connectivity index (χ0n) is 8.37. The molecule has 0 radical (unpaired) electrons. The highest BCUT2D eigenvalue weighted by Gasteiger charge is 2.16. The zero-order valence-corrected chi connectivity index (χ0v) is 8.37. The van der Waals surface area contributed by atoms with Crippen LogP contribution in [0, 0.1) is 5.82 Å². The number of carbonyl (C=O) groups excluding carboxylic acids is 1. The second kappa shape index (κ2) is 3.88. The Bertz CT molecular complexity index is 382. The number of anilines is 2. The van der Waals surface area contributed by atoms with Crippen LogP contribution < -0.4 is 10.6 Å². The van der Waals surface area contributed by atoms with E-state index in [2.05, 4.69) is 0 Å². The van der Waals surface area contributed by atoms with Gasteiger partial charge in [-0.25, -0.2) is 4.39 Å². The minimum absolute atomic E-state index is 0.159. The number of carbonyl (C=O) groups is 1. The normalized spacial score (nSPS) is 16.9. The highest BCUT2D eigenvalue weighted by Crippen LogP contribution is 2.22. The Morgan fingerprint density at radius 1 is 1.27 bits per heavy atom. The van der Waals surface area contributed by atoms with Gasteiger partial charge >= 0.3 is 0 Å². The Balaban J connectivity index is 2.16. The maximum Gasteiger partial charge on any atom is 0.148 e. The largest absolute Gasteiger partial charge is 0.396 e. The first-order chi connectivity index (χ1) is 7.16. The summed E-state index contributed by atoms with van der Waals surface area (Å²) in [6.07, 6.45) is 1.10. The smallest absolute Gasteiger partial charge is 0.148 e. The first-order valence-electron chi connectivity index (χ1n) is 4.98. The van der Waals surface area contributed by atoms with E-state index in [9.17, 15) is 9.18 Å². The average molecular weight is 208 g/mol. The second-order valence-electron chi connectivity index (χ2n) is 3.73. The number of hydrogen-bond acceptors (Lipinski definition) is 3. The minimum atomic E-state index is -0.399. The van der Waals surface area contributed by atoms with E-state index in [4.69, 9.17) is 5.73 Å². The van der Waals surface area contributed by atoms with E-state index in [1.807, 2.05) is 4.90 Å². The van der Waals surface area contributed by atoms with Crippen LogP contribution in [0.4, 0.5) is 15.8 Å². The molecule has 2 N–H and O–H groups in total. The summed E-state index contributed by atoms with van der Waals surface area (Å²) in [6, 6.07) is 4.76. The van der Waals surface area contributed by atoms with Gasteiger partial charge in [0.25, 0.3) is 0 Å². The first kappa shape index (κ1) is 9.96. The number of nitrogens with two attached hydrogens (primary N) is 1. The van der Waals surface area contributed by atoms with Crippen molar-refractivity contribution in [2.75, 3.05) is 23.7 Å². The summed E-state index contributed by atoms with van der Waals surface area (Å²) in [5.74, 6) is -0.119. The van der Waals surface area contributed by atoms with Crippen LogP contribution in [0.2, 0.25) is 0 Å². The molecule has 80 valence electrons. The molecular weight excluding hydrogens is 195 g/mol. The zero-order chi connectivity index (χ0) is 10.8. The van der Waals surface area contributed by atoms with Gasteiger partial charge in [-0.1, -0.05) is 0 Å². The lowest BCUT2D eigenvalue weighted by atomic mass is 10.1. The molecule has 3 nitrogen and oxygen atoms in total. The first-order valence-corrected chi connectivity index (χ1v) is 4.98. The van der Waals surface area contributed by atoms with Crippen molar-refractivity contribution in [2.45, 2.75) is 12.8 Å². The number of hydrogen-bond donors (Lipinski definition) is 1. The van der Waals surface area contributed by atoms with Crippen LogP contribution in [0.25, 0.3) is 0 Å². The molecule has 1 aromatic rings. The molecule has 0 aliphatic carbocycles. The van der Waals surface area contributed by atoms with Crippen molar-refractivity contribution in [3.05, 3.63) is 24.0 Å². The molecule has 0 bridgehead atoms. The van der Waals surface area contributed by atoms with E-state index in [0.29, 0.717) is 25.9 Å². The maximum absolute atomic E-state index is 13.2. The van der Waals surface area contributed by atoms with Crippen molar-refractivity contribution in [1.82, 2.24) is 0 Å². The average Bonchev–Trinajstić information content (AvgIpc) is 2.23. The van der Waals surface area contributed by atoms with Gasteiger partial charge in [0.15, 0.2) is 0 Å². The van der Waals surface area contributed by atoms with E-state index in [0.717, 1.165) is 5.69 Å². The molecule has 1 saturated heterocycles. The third kappa shape index (κ3) is 2.09. The Morgan fingerprint density at radius 3 is 2.53 bits per heavy atom. The molecule has 0 unspecified atom stereocenters. The van der Waals surface area contributed by atoms with Crippen molar-refractivity contribution in [2.24, 2.45) is 0 Å². The summed E-state index contributed by atoms with van der Waals surface area (Å²) in [7, 11) is 0. The van der Waals surface area contributed by atoms with Crippen molar-refractivity contribution in [3.8, 4) is 0 Å². The van der Waals surface area contributed by atoms with Gasteiger partial charge in [-0.3, -0.25) is 4.79 Å². The molecule has 0 saturated carbocycles. The standard InChI is InChI=1S/C11H13FN2O/c12-10-7-8(1-2-11(10)13)14-5-3-9(15)4-6-14/h1-2,7H,3-6,13H2. The van der Waals surface area contributed by atoms with Crippen molar-refractivity contribution >= 4 is 17.2 Å². The Morgan fingerprint density at radius 2 is 1.93 bits per heavy atom. The van der Waals surface area contributed by atoms with Gasteiger partial charge in [0.05, 0.1) is 5.69 Å². The molecule has 15 heavy (non-hydrogen) atoms. The number of nitrogen functional groups attached to an aromatic ring is 1. The van der Waals surface area contributed by atoms with Crippen LogP contribution in [-0.2, 0) is 4.79 Å². The Kier molecular flexibility index (Phi) is 2.58. The summed E-state index contributed by atoms with van der Waals surface area (Å²) in [6.45, 7) is 1.34. The van der Waals surface area contributed by atoms with Crippen LogP contribution in [0.5, 0.6) is 0 Å². The number of nitrogens with zero attached hydrogens (tertiary/aromatic N) is 1. The number of rotatable bonds is 1. The summed E-state index contributed by atoms with van der Waals surface area (Å²) < 4.78 is 13.2. The van der Waals surface area contributed by atoms with E-state index in [1.54, 1.807) is 12.1 Å². The van der Waals surface area contributed by atoms with E-state index >= 15 is 0 Å². The SMILES string of the molecule is Nc1ccc(N2CCC(=O)CC2)cc1F. The monoisotopic (exact) mass is 208 g/mol. The molecule has 0 amide bonds. The van der Waals surface area contributed by atoms with E-state index in [1.165, 1.54) is 6.07 Å². The lowest BCUT2D eigenvalue weighted by Gasteiger charge is -2.28. The summed E-state index contributed by atoms with van der Waals surface area (Å²) >= 11 is 0. The molecule has 2 rings (SSSR count). The van der Waals surface area contributed by atoms with E-state index < -0.39 is 5.82 Å². The van der Waals surface area contributed by atoms with Crippen molar-refractivity contribution in [1.29, 1.82) is 0 Å². The Labute approximate surface area is 87.7 Å². The highest BCUT2D eigenvalue weighted by molar-refractivity contribution is 5.81. The van der Waals surface area contributed by atoms with Crippen LogP contribution in [-0.4, -0.2) is 18.9 Å². The molecule has 1 aliphatic rings. The summed E-state index contributed by atoms with van der Waals surface area (Å²) in [5, 5.41) is 0. The van der Waals surface area contributed by atoms with E-state index in [-0.39, 0.29) is 11.5 Å². The fourth-order valence-corrected chi connectivity index (χ4v) is 1.73. The minimum Gasteiger partial charge on any atom is -0.396 e. The lowest BCUT2D eigenvalue weighted by Crippen LogP contribution is -2.33. The molecule has 1 aromatic carbocycles. The lowest BCUT2D eigenvalue weighted by molar-refractivity contribution is -0.119. The van der Waals surface area contributed by atoms with Crippen LogP contribution >= 0.6 is 0 Å². The van der Waals surface area contributed by atoms with Crippen molar-refractivity contribution in [3.63, 3.8) is 0 Å². The van der Waals surface area contributed by atoms with Gasteiger partial charge in [-0.2, -0.15) is 0 Å². The van der Waals surface area contributed by atoms with Gasteiger partial charge in [0.1, 0.15) is 11.6 Å². The molecule has 0 aromatic heterocycles. The van der Waals surface area contributed by atoms with Gasteiger partial charge in [-0.15, -0.1) is 0 Å². The molecule has 1 aliphatic heterocycles. The number of ketones is 1. The van der Waals surface area contributed by atoms with Crippen LogP contribution in [0.15, 0.2) is 18.2 Å². The second-order valence-corrected chi connectivity index (χ2v) is 3.73. The number of piperidine rings is 1. The van der Waals surface area contributed by atoms with Gasteiger partial charge in [-0.05, 0) is 18.2 Å². The predicted octanol–water partition coefficient (Wildman–Crippen LogP) is 1.58. The molecule has 0 atom stereocenters. The highest BCUT2D eigenvalue weighted by atomic mass is 19.1. The summed E-state index contributed by atoms with van der Waals surface area (Å²) in [4.78, 5) is 13.0. The molecular formula is C11H13FN2O. The summed E-state index contributed by atoms with van der Waals surface area (Å²) in [5.41, 5.74) is 6.35. The third-order valence-corrected chi connectivity index (χ3v) is 2.67. The molecule has 1 heterocycles. The van der Waals surface area contributed by atoms with Crippen LogP contribution in [0.1, 0.15) is 12.8 Å². The van der Waals surface area contributed by atoms with Crippen LogP contribution in [0.3, 0.4) is 0 Å². The van der Waals surface area contributed by atoms with Gasteiger partial charge in [0.2, 0.25) is 0 Å². The fourth-order valence-electron chi connectivity index (χ4n) is 1.73. The third-order valence-electron chi connectivity index (χ3n) is 2.67. The topological polar surface area (TPSA) is 46.3 Å². The van der Waals surface area contributed by atoms with Crippen molar-refractivity contribution < 1.29 is 9.18 Å². The van der Waals surface area contributed by atoms with Gasteiger partial charge < -0.3 is 10.6 Å². The quantitative estimate of drug-likeness (QED) is 0.713. The maximum atomic E-state index is 13.2. The predicted molar refractivity (Wildman–Crippen MR) is 57.3 cm³/mol. The number of Topliss-reactive ketones (excluding diaryl/α,β-unsaturated/α-hetero) is 1.